The molecule has 1 unspecified atom stereocenters. The summed E-state index contributed by atoms with van der Waals surface area (Å²) in [5.74, 6) is 0.591. The van der Waals surface area contributed by atoms with Crippen LogP contribution in [0.5, 0.6) is 0 Å². The normalized spacial score (nSPS) is 12.3. The summed E-state index contributed by atoms with van der Waals surface area (Å²) in [6.07, 6.45) is 0.963. The van der Waals surface area contributed by atoms with Gasteiger partial charge in [-0.25, -0.2) is 0 Å². The van der Waals surface area contributed by atoms with E-state index < -0.39 is 0 Å². The minimum Gasteiger partial charge on any atom is -0.384 e. The first-order valence-electron chi connectivity index (χ1n) is 6.02. The topological polar surface area (TPSA) is 54.7 Å². The summed E-state index contributed by atoms with van der Waals surface area (Å²) >= 11 is 1.73. The van der Waals surface area contributed by atoms with Gasteiger partial charge in [-0.3, -0.25) is 0 Å². The summed E-state index contributed by atoms with van der Waals surface area (Å²) in [4.78, 5) is 1.28. The second-order valence-corrected chi connectivity index (χ2v) is 5.37. The molecule has 3 nitrogen and oxygen atoms in total. The van der Waals surface area contributed by atoms with Gasteiger partial charge < -0.3 is 10.3 Å². The highest BCUT2D eigenvalue weighted by Gasteiger charge is 2.22. The number of thiophene rings is 1. The molecule has 2 heterocycles. The summed E-state index contributed by atoms with van der Waals surface area (Å²) in [6, 6.07) is 6.61. The molecule has 0 fully saturated rings. The van der Waals surface area contributed by atoms with Crippen LogP contribution in [0.2, 0.25) is 0 Å². The zero-order valence-corrected chi connectivity index (χ0v) is 11.7. The highest BCUT2D eigenvalue weighted by molar-refractivity contribution is 7.10. The van der Waals surface area contributed by atoms with Crippen LogP contribution in [-0.2, 0) is 0 Å². The number of rotatable bonds is 3. The maximum Gasteiger partial charge on any atom is 0.122 e. The molecule has 0 aliphatic carbocycles. The predicted octanol–water partition coefficient (Wildman–Crippen LogP) is 3.62. The van der Waals surface area contributed by atoms with E-state index in [0.717, 1.165) is 17.7 Å². The molecule has 0 bridgehead atoms. The second kappa shape index (κ2) is 4.87. The molecule has 0 aromatic carbocycles. The second-order valence-electron chi connectivity index (χ2n) is 4.39. The number of aromatic nitrogens is 1. The van der Waals surface area contributed by atoms with Crippen molar-refractivity contribution in [2.24, 2.45) is 0 Å². The van der Waals surface area contributed by atoms with Crippen molar-refractivity contribution in [1.29, 1.82) is 5.26 Å². The molecule has 0 saturated heterocycles. The Labute approximate surface area is 111 Å². The Morgan fingerprint density at radius 1 is 1.50 bits per heavy atom. The van der Waals surface area contributed by atoms with Gasteiger partial charge in [0.15, 0.2) is 0 Å². The molecule has 0 saturated carbocycles. The summed E-state index contributed by atoms with van der Waals surface area (Å²) < 4.78 is 2.10. The van der Waals surface area contributed by atoms with Crippen molar-refractivity contribution in [2.45, 2.75) is 33.2 Å². The summed E-state index contributed by atoms with van der Waals surface area (Å²) in [6.45, 7) is 6.13. The van der Waals surface area contributed by atoms with Gasteiger partial charge in [0.1, 0.15) is 11.9 Å². The first kappa shape index (κ1) is 12.7. The van der Waals surface area contributed by atoms with E-state index in [1.165, 1.54) is 4.88 Å². The van der Waals surface area contributed by atoms with Crippen LogP contribution >= 0.6 is 11.3 Å². The average molecular weight is 259 g/mol. The summed E-state index contributed by atoms with van der Waals surface area (Å²) in [7, 11) is 0. The third kappa shape index (κ3) is 1.81. The van der Waals surface area contributed by atoms with Gasteiger partial charge in [0.25, 0.3) is 0 Å². The molecule has 0 amide bonds. The van der Waals surface area contributed by atoms with Crippen molar-refractivity contribution in [3.63, 3.8) is 0 Å². The number of hydrogen-bond acceptors (Lipinski definition) is 3. The zero-order valence-electron chi connectivity index (χ0n) is 10.9. The first-order valence-corrected chi connectivity index (χ1v) is 6.90. The molecule has 0 aliphatic heterocycles. The van der Waals surface area contributed by atoms with E-state index in [1.54, 1.807) is 11.3 Å². The Bertz CT molecular complexity index is 588. The van der Waals surface area contributed by atoms with Crippen LogP contribution in [-0.4, -0.2) is 4.57 Å². The largest absolute Gasteiger partial charge is 0.384 e. The van der Waals surface area contributed by atoms with Gasteiger partial charge in [0, 0.05) is 10.6 Å². The SMILES string of the molecule is CCC(c1cccs1)n1c(C)c(C)c(C#N)c1N. The van der Waals surface area contributed by atoms with Gasteiger partial charge in [-0.2, -0.15) is 5.26 Å². The standard InChI is InChI=1S/C14H17N3S/c1-4-12(13-6-5-7-18-13)17-10(3)9(2)11(8-15)14(17)16/h5-7,12H,4,16H2,1-3H3. The van der Waals surface area contributed by atoms with E-state index in [4.69, 9.17) is 5.73 Å². The summed E-state index contributed by atoms with van der Waals surface area (Å²) in [5, 5.41) is 11.3. The Kier molecular flexibility index (Phi) is 3.44. The number of nitrogen functional groups attached to an aromatic ring is 1. The molecule has 18 heavy (non-hydrogen) atoms. The van der Waals surface area contributed by atoms with Crippen molar-refractivity contribution in [3.05, 3.63) is 39.2 Å². The Balaban J connectivity index is 2.61. The van der Waals surface area contributed by atoms with Crippen LogP contribution in [0.1, 0.15) is 41.1 Å². The summed E-state index contributed by atoms with van der Waals surface area (Å²) in [5.41, 5.74) is 8.83. The van der Waals surface area contributed by atoms with E-state index >= 15 is 0 Å². The van der Waals surface area contributed by atoms with Crippen molar-refractivity contribution in [2.75, 3.05) is 5.73 Å². The van der Waals surface area contributed by atoms with Crippen LogP contribution in [0.3, 0.4) is 0 Å². The Hall–Kier alpha value is -1.73. The van der Waals surface area contributed by atoms with Crippen LogP contribution < -0.4 is 5.73 Å². The lowest BCUT2D eigenvalue weighted by Gasteiger charge is -2.19. The van der Waals surface area contributed by atoms with Crippen LogP contribution in [0.4, 0.5) is 5.82 Å². The lowest BCUT2D eigenvalue weighted by atomic mass is 10.1. The number of hydrogen-bond donors (Lipinski definition) is 1. The van der Waals surface area contributed by atoms with Gasteiger partial charge >= 0.3 is 0 Å². The molecular formula is C14H17N3S. The van der Waals surface area contributed by atoms with Crippen molar-refractivity contribution < 1.29 is 0 Å². The predicted molar refractivity (Wildman–Crippen MR) is 75.8 cm³/mol. The molecule has 4 heteroatoms. The Morgan fingerprint density at radius 2 is 2.22 bits per heavy atom. The minimum absolute atomic E-state index is 0.228. The van der Waals surface area contributed by atoms with Gasteiger partial charge in [-0.05, 0) is 37.3 Å². The minimum atomic E-state index is 0.228. The van der Waals surface area contributed by atoms with Crippen molar-refractivity contribution in [3.8, 4) is 6.07 Å². The van der Waals surface area contributed by atoms with Crippen LogP contribution in [0.25, 0.3) is 0 Å². The lowest BCUT2D eigenvalue weighted by Crippen LogP contribution is -2.13. The smallest absolute Gasteiger partial charge is 0.122 e. The van der Waals surface area contributed by atoms with Crippen molar-refractivity contribution in [1.82, 2.24) is 4.57 Å². The molecular weight excluding hydrogens is 242 g/mol. The number of nitriles is 1. The zero-order chi connectivity index (χ0) is 13.3. The quantitative estimate of drug-likeness (QED) is 0.915. The average Bonchev–Trinajstić information content (AvgIpc) is 2.94. The fraction of sp³-hybridized carbons (Fsp3) is 0.357. The lowest BCUT2D eigenvalue weighted by molar-refractivity contribution is 0.572. The van der Waals surface area contributed by atoms with E-state index in [0.29, 0.717) is 11.4 Å². The van der Waals surface area contributed by atoms with Crippen molar-refractivity contribution >= 4 is 17.2 Å². The first-order chi connectivity index (χ1) is 8.61. The van der Waals surface area contributed by atoms with E-state index in [2.05, 4.69) is 35.1 Å². The molecule has 2 aromatic rings. The molecule has 1 atom stereocenters. The molecule has 2 rings (SSSR count). The number of nitrogens with zero attached hydrogens (tertiary/aromatic N) is 2. The third-order valence-electron chi connectivity index (χ3n) is 3.48. The number of anilines is 1. The Morgan fingerprint density at radius 3 is 2.67 bits per heavy atom. The fourth-order valence-corrected chi connectivity index (χ4v) is 3.29. The van der Waals surface area contributed by atoms with Gasteiger partial charge in [-0.15, -0.1) is 11.3 Å². The maximum atomic E-state index is 9.18. The van der Waals surface area contributed by atoms with E-state index in [1.807, 2.05) is 13.8 Å². The van der Waals surface area contributed by atoms with Gasteiger partial charge in [0.05, 0.1) is 11.6 Å². The molecule has 0 spiro atoms. The highest BCUT2D eigenvalue weighted by atomic mass is 32.1. The molecule has 2 aromatic heterocycles. The molecule has 2 N–H and O–H groups in total. The van der Waals surface area contributed by atoms with E-state index in [-0.39, 0.29) is 6.04 Å². The van der Waals surface area contributed by atoms with E-state index in [9.17, 15) is 5.26 Å². The fourth-order valence-electron chi connectivity index (χ4n) is 2.39. The maximum absolute atomic E-state index is 9.18. The molecule has 94 valence electrons. The molecule has 0 radical (unpaired) electrons. The third-order valence-corrected chi connectivity index (χ3v) is 4.45. The number of nitrogens with two attached hydrogens (primary N) is 1. The van der Waals surface area contributed by atoms with Crippen LogP contribution in [0, 0.1) is 25.2 Å². The van der Waals surface area contributed by atoms with Crippen LogP contribution in [0.15, 0.2) is 17.5 Å². The van der Waals surface area contributed by atoms with Gasteiger partial charge in [-0.1, -0.05) is 13.0 Å². The monoisotopic (exact) mass is 259 g/mol. The van der Waals surface area contributed by atoms with Gasteiger partial charge in [0.2, 0.25) is 0 Å². The highest BCUT2D eigenvalue weighted by Crippen LogP contribution is 2.34. The molecule has 0 aliphatic rings.